The molecule has 4 rings (SSSR count). The van der Waals surface area contributed by atoms with Crippen LogP contribution in [0.25, 0.3) is 0 Å². The van der Waals surface area contributed by atoms with E-state index in [0.717, 1.165) is 16.7 Å². The molecule has 3 aromatic carbocycles. The van der Waals surface area contributed by atoms with Gasteiger partial charge in [0.2, 0.25) is 5.91 Å². The van der Waals surface area contributed by atoms with Gasteiger partial charge >= 0.3 is 0 Å². The highest BCUT2D eigenvalue weighted by molar-refractivity contribution is 6.04. The predicted molar refractivity (Wildman–Crippen MR) is 109 cm³/mol. The lowest BCUT2D eigenvalue weighted by Gasteiger charge is -2.24. The molecule has 1 atom stereocenters. The Labute approximate surface area is 164 Å². The number of nitrogens with zero attached hydrogens (tertiary/aromatic N) is 1. The standard InChI is InChI=1S/C24H22N2O2/c27-23(25-17-19-11-5-2-6-12-19)22-20-13-7-8-14-21(20)24(28)26(22)16-15-18-9-3-1-4-10-18/h1-14,22H,15-17H2,(H,25,27). The van der Waals surface area contributed by atoms with Crippen LogP contribution in [0.3, 0.4) is 0 Å². The third-order valence-corrected chi connectivity index (χ3v) is 5.10. The van der Waals surface area contributed by atoms with Crippen LogP contribution < -0.4 is 5.32 Å². The fourth-order valence-electron chi connectivity index (χ4n) is 3.66. The first-order chi connectivity index (χ1) is 13.7. The number of hydrogen-bond acceptors (Lipinski definition) is 2. The number of hydrogen-bond donors (Lipinski definition) is 1. The van der Waals surface area contributed by atoms with Gasteiger partial charge in [-0.25, -0.2) is 0 Å². The summed E-state index contributed by atoms with van der Waals surface area (Å²) in [6, 6.07) is 26.6. The van der Waals surface area contributed by atoms with Crippen LogP contribution in [-0.4, -0.2) is 23.3 Å². The number of benzene rings is 3. The van der Waals surface area contributed by atoms with Gasteiger partial charge < -0.3 is 10.2 Å². The molecule has 0 saturated heterocycles. The Bertz CT molecular complexity index is 970. The van der Waals surface area contributed by atoms with E-state index in [4.69, 9.17) is 0 Å². The van der Waals surface area contributed by atoms with E-state index in [1.54, 1.807) is 11.0 Å². The fourth-order valence-corrected chi connectivity index (χ4v) is 3.66. The molecule has 0 saturated carbocycles. The molecule has 1 unspecified atom stereocenters. The van der Waals surface area contributed by atoms with E-state index in [-0.39, 0.29) is 11.8 Å². The maximum Gasteiger partial charge on any atom is 0.255 e. The molecule has 0 spiro atoms. The first-order valence-corrected chi connectivity index (χ1v) is 9.49. The van der Waals surface area contributed by atoms with Crippen molar-refractivity contribution in [2.45, 2.75) is 19.0 Å². The van der Waals surface area contributed by atoms with E-state index in [1.165, 1.54) is 0 Å². The number of amides is 2. The molecule has 0 radical (unpaired) electrons. The predicted octanol–water partition coefficient (Wildman–Crippen LogP) is 3.74. The SMILES string of the molecule is O=C(NCc1ccccc1)C1c2ccccc2C(=O)N1CCc1ccccc1. The van der Waals surface area contributed by atoms with Crippen LogP contribution in [-0.2, 0) is 17.8 Å². The summed E-state index contributed by atoms with van der Waals surface area (Å²) in [5, 5.41) is 3.00. The molecule has 1 heterocycles. The van der Waals surface area contributed by atoms with Gasteiger partial charge in [0.05, 0.1) is 0 Å². The van der Waals surface area contributed by atoms with E-state index in [9.17, 15) is 9.59 Å². The minimum absolute atomic E-state index is 0.0774. The van der Waals surface area contributed by atoms with E-state index in [0.29, 0.717) is 25.1 Å². The second kappa shape index (κ2) is 8.09. The molecule has 4 nitrogen and oxygen atoms in total. The average molecular weight is 370 g/mol. The molecule has 1 aliphatic rings. The average Bonchev–Trinajstić information content (AvgIpc) is 3.04. The second-order valence-corrected chi connectivity index (χ2v) is 6.93. The molecule has 3 aromatic rings. The second-order valence-electron chi connectivity index (χ2n) is 6.93. The third-order valence-electron chi connectivity index (χ3n) is 5.10. The minimum atomic E-state index is -0.587. The highest BCUT2D eigenvalue weighted by atomic mass is 16.2. The molecule has 2 amide bonds. The van der Waals surface area contributed by atoms with Crippen LogP contribution >= 0.6 is 0 Å². The van der Waals surface area contributed by atoms with Crippen molar-refractivity contribution in [2.24, 2.45) is 0 Å². The van der Waals surface area contributed by atoms with Crippen LogP contribution in [0.5, 0.6) is 0 Å². The lowest BCUT2D eigenvalue weighted by molar-refractivity contribution is -0.125. The Hall–Kier alpha value is -3.40. The molecular weight excluding hydrogens is 348 g/mol. The molecule has 1 aliphatic heterocycles. The molecular formula is C24H22N2O2. The van der Waals surface area contributed by atoms with Crippen LogP contribution in [0.15, 0.2) is 84.9 Å². The monoisotopic (exact) mass is 370 g/mol. The summed E-state index contributed by atoms with van der Waals surface area (Å²) < 4.78 is 0. The summed E-state index contributed by atoms with van der Waals surface area (Å²) >= 11 is 0. The lowest BCUT2D eigenvalue weighted by atomic mass is 10.0. The summed E-state index contributed by atoms with van der Waals surface area (Å²) in [6.45, 7) is 0.944. The Morgan fingerprint density at radius 3 is 2.14 bits per heavy atom. The Morgan fingerprint density at radius 1 is 0.821 bits per heavy atom. The lowest BCUT2D eigenvalue weighted by Crippen LogP contribution is -2.39. The van der Waals surface area contributed by atoms with Crippen molar-refractivity contribution >= 4 is 11.8 Å². The van der Waals surface area contributed by atoms with Gasteiger partial charge in [0.15, 0.2) is 0 Å². The first-order valence-electron chi connectivity index (χ1n) is 9.49. The zero-order chi connectivity index (χ0) is 19.3. The number of rotatable bonds is 6. The number of carbonyl (C=O) groups is 2. The van der Waals surface area contributed by atoms with E-state index >= 15 is 0 Å². The van der Waals surface area contributed by atoms with Gasteiger partial charge in [0.25, 0.3) is 5.91 Å². The zero-order valence-corrected chi connectivity index (χ0v) is 15.5. The van der Waals surface area contributed by atoms with Crippen molar-refractivity contribution in [3.63, 3.8) is 0 Å². The fraction of sp³-hybridized carbons (Fsp3) is 0.167. The van der Waals surface area contributed by atoms with Crippen LogP contribution in [0, 0.1) is 0 Å². The Morgan fingerprint density at radius 2 is 1.43 bits per heavy atom. The van der Waals surface area contributed by atoms with Gasteiger partial charge in [0, 0.05) is 18.7 Å². The quantitative estimate of drug-likeness (QED) is 0.719. The molecule has 0 fully saturated rings. The summed E-state index contributed by atoms with van der Waals surface area (Å²) in [5.41, 5.74) is 3.58. The summed E-state index contributed by atoms with van der Waals surface area (Å²) in [4.78, 5) is 27.7. The van der Waals surface area contributed by atoms with E-state index in [2.05, 4.69) is 5.32 Å². The van der Waals surface area contributed by atoms with Crippen LogP contribution in [0.4, 0.5) is 0 Å². The summed E-state index contributed by atoms with van der Waals surface area (Å²) in [5.74, 6) is -0.221. The minimum Gasteiger partial charge on any atom is -0.350 e. The Balaban J connectivity index is 1.53. The first kappa shape index (κ1) is 18.0. The van der Waals surface area contributed by atoms with Crippen molar-refractivity contribution in [2.75, 3.05) is 6.54 Å². The molecule has 1 N–H and O–H groups in total. The summed E-state index contributed by atoms with van der Waals surface area (Å²) in [7, 11) is 0. The van der Waals surface area contributed by atoms with Crippen molar-refractivity contribution in [1.82, 2.24) is 10.2 Å². The van der Waals surface area contributed by atoms with Gasteiger partial charge in [-0.15, -0.1) is 0 Å². The number of carbonyl (C=O) groups excluding carboxylic acids is 2. The highest BCUT2D eigenvalue weighted by Gasteiger charge is 2.40. The van der Waals surface area contributed by atoms with Gasteiger partial charge in [-0.1, -0.05) is 78.9 Å². The molecule has 4 heteroatoms. The molecule has 28 heavy (non-hydrogen) atoms. The topological polar surface area (TPSA) is 49.4 Å². The van der Waals surface area contributed by atoms with Crippen molar-refractivity contribution < 1.29 is 9.59 Å². The highest BCUT2D eigenvalue weighted by Crippen LogP contribution is 2.33. The molecule has 140 valence electrons. The number of nitrogens with one attached hydrogen (secondary N) is 1. The van der Waals surface area contributed by atoms with Gasteiger partial charge in [-0.05, 0) is 29.2 Å². The van der Waals surface area contributed by atoms with Crippen LogP contribution in [0.1, 0.15) is 33.1 Å². The van der Waals surface area contributed by atoms with E-state index in [1.807, 2.05) is 78.9 Å². The zero-order valence-electron chi connectivity index (χ0n) is 15.5. The van der Waals surface area contributed by atoms with Gasteiger partial charge in [-0.2, -0.15) is 0 Å². The largest absolute Gasteiger partial charge is 0.350 e. The normalized spacial score (nSPS) is 15.4. The number of fused-ring (bicyclic) bond motifs is 1. The van der Waals surface area contributed by atoms with E-state index < -0.39 is 6.04 Å². The maximum absolute atomic E-state index is 13.0. The third kappa shape index (κ3) is 3.67. The molecule has 0 bridgehead atoms. The van der Waals surface area contributed by atoms with Crippen LogP contribution in [0.2, 0.25) is 0 Å². The van der Waals surface area contributed by atoms with Crippen molar-refractivity contribution in [3.8, 4) is 0 Å². The van der Waals surface area contributed by atoms with Gasteiger partial charge in [0.1, 0.15) is 6.04 Å². The molecule has 0 aromatic heterocycles. The van der Waals surface area contributed by atoms with Gasteiger partial charge in [-0.3, -0.25) is 9.59 Å². The summed E-state index contributed by atoms with van der Waals surface area (Å²) in [6.07, 6.45) is 0.711. The smallest absolute Gasteiger partial charge is 0.255 e. The van der Waals surface area contributed by atoms with Crippen molar-refractivity contribution in [3.05, 3.63) is 107 Å². The molecule has 0 aliphatic carbocycles. The van der Waals surface area contributed by atoms with Crippen molar-refractivity contribution in [1.29, 1.82) is 0 Å². The maximum atomic E-state index is 13.0. The Kier molecular flexibility index (Phi) is 5.20.